The highest BCUT2D eigenvalue weighted by Crippen LogP contribution is 2.38. The average molecular weight is 402 g/mol. The molecule has 3 rings (SSSR count). The molecule has 3 heterocycles. The summed E-state index contributed by atoms with van der Waals surface area (Å²) in [6, 6.07) is 2.87. The van der Waals surface area contributed by atoms with E-state index in [0.717, 1.165) is 0 Å². The Labute approximate surface area is 159 Å². The molecule has 0 aliphatic heterocycles. The number of hydrogen-bond acceptors (Lipinski definition) is 6. The number of fused-ring (bicyclic) bond motifs is 1. The number of hydrogen-bond donors (Lipinski definition) is 2. The van der Waals surface area contributed by atoms with E-state index < -0.39 is 12.2 Å². The van der Waals surface area contributed by atoms with Gasteiger partial charge >= 0.3 is 0 Å². The van der Waals surface area contributed by atoms with Crippen molar-refractivity contribution in [2.24, 2.45) is 5.73 Å². The van der Waals surface area contributed by atoms with Gasteiger partial charge in [0.1, 0.15) is 17.1 Å². The van der Waals surface area contributed by atoms with E-state index in [0.29, 0.717) is 35.0 Å². The van der Waals surface area contributed by atoms with Crippen molar-refractivity contribution in [3.63, 3.8) is 0 Å². The first-order valence-corrected chi connectivity index (χ1v) is 8.64. The Morgan fingerprint density at radius 1 is 1.46 bits per heavy atom. The van der Waals surface area contributed by atoms with Crippen LogP contribution >= 0.6 is 23.2 Å². The van der Waals surface area contributed by atoms with Crippen LogP contribution in [-0.2, 0) is 13.0 Å². The summed E-state index contributed by atoms with van der Waals surface area (Å²) in [6.45, 7) is 1.77. The second-order valence-corrected chi connectivity index (χ2v) is 6.47. The molecule has 3 aromatic rings. The third-order valence-corrected chi connectivity index (χ3v) is 4.54. The van der Waals surface area contributed by atoms with Crippen molar-refractivity contribution in [3.05, 3.63) is 40.2 Å². The molecule has 140 valence electrons. The molecule has 0 aliphatic carbocycles. The molecule has 26 heavy (non-hydrogen) atoms. The second-order valence-electron chi connectivity index (χ2n) is 5.77. The van der Waals surface area contributed by atoms with Gasteiger partial charge in [0.2, 0.25) is 5.28 Å². The zero-order chi connectivity index (χ0) is 18.8. The Morgan fingerprint density at radius 3 is 2.85 bits per heavy atom. The van der Waals surface area contributed by atoms with E-state index in [1.807, 2.05) is 6.07 Å². The van der Waals surface area contributed by atoms with E-state index >= 15 is 0 Å². The maximum absolute atomic E-state index is 13.5. The number of aromatic nitrogens is 3. The monoisotopic (exact) mass is 401 g/mol. The number of methoxy groups -OCH3 is 1. The molecule has 2 atom stereocenters. The summed E-state index contributed by atoms with van der Waals surface area (Å²) in [7, 11) is 1.49. The standard InChI is InChI=1S/C16H18Cl2FN5O2/c1-8(19)11(20)6-10-13(25-2)12-15(21-7-9-4-3-5-26-9)22-16(18)23-24(12)14(10)17/h3-5,8,11H,6-7,20H2,1-2H3,(H,21,22,23)/t8-,11+/m0/s1. The third-order valence-electron chi connectivity index (χ3n) is 3.99. The van der Waals surface area contributed by atoms with Crippen LogP contribution in [0.5, 0.6) is 5.75 Å². The van der Waals surface area contributed by atoms with Gasteiger partial charge in [0, 0.05) is 11.6 Å². The molecule has 0 spiro atoms. The van der Waals surface area contributed by atoms with Crippen molar-refractivity contribution in [2.45, 2.75) is 32.1 Å². The van der Waals surface area contributed by atoms with Gasteiger partial charge in [-0.15, -0.1) is 5.10 Å². The number of alkyl halides is 1. The first-order chi connectivity index (χ1) is 12.4. The lowest BCUT2D eigenvalue weighted by Crippen LogP contribution is -2.31. The summed E-state index contributed by atoms with van der Waals surface area (Å²) in [5.41, 5.74) is 6.90. The van der Waals surface area contributed by atoms with Gasteiger partial charge in [-0.25, -0.2) is 8.91 Å². The number of anilines is 1. The summed E-state index contributed by atoms with van der Waals surface area (Å²) in [4.78, 5) is 4.21. The van der Waals surface area contributed by atoms with E-state index in [4.69, 9.17) is 38.1 Å². The molecule has 0 aliphatic rings. The molecule has 0 saturated heterocycles. The Balaban J connectivity index is 2.07. The van der Waals surface area contributed by atoms with Crippen LogP contribution in [0.1, 0.15) is 18.2 Å². The average Bonchev–Trinajstić information content (AvgIpc) is 3.20. The van der Waals surface area contributed by atoms with Gasteiger partial charge in [-0.2, -0.15) is 4.98 Å². The SMILES string of the molecule is COc1c(C[C@@H](N)[C@H](C)F)c(Cl)n2nc(Cl)nc(NCc3ccco3)c12. The molecular formula is C16H18Cl2FN5O2. The molecule has 0 aromatic carbocycles. The van der Waals surface area contributed by atoms with Gasteiger partial charge in [0.25, 0.3) is 0 Å². The second kappa shape index (κ2) is 7.69. The number of rotatable bonds is 7. The topological polar surface area (TPSA) is 90.6 Å². The molecule has 3 N–H and O–H groups in total. The van der Waals surface area contributed by atoms with Crippen LogP contribution in [0.3, 0.4) is 0 Å². The van der Waals surface area contributed by atoms with Crippen LogP contribution in [0, 0.1) is 0 Å². The summed E-state index contributed by atoms with van der Waals surface area (Å²) >= 11 is 12.5. The number of furan rings is 1. The van der Waals surface area contributed by atoms with Crippen molar-refractivity contribution in [1.29, 1.82) is 0 Å². The van der Waals surface area contributed by atoms with E-state index in [1.54, 1.807) is 12.3 Å². The molecule has 0 unspecified atom stereocenters. The van der Waals surface area contributed by atoms with Crippen molar-refractivity contribution in [3.8, 4) is 5.75 Å². The van der Waals surface area contributed by atoms with Crippen LogP contribution in [0.25, 0.3) is 5.52 Å². The maximum atomic E-state index is 13.5. The van der Waals surface area contributed by atoms with Gasteiger partial charge in [-0.1, -0.05) is 11.6 Å². The molecule has 0 amide bonds. The lowest BCUT2D eigenvalue weighted by atomic mass is 10.1. The maximum Gasteiger partial charge on any atom is 0.243 e. The van der Waals surface area contributed by atoms with Crippen LogP contribution in [0.2, 0.25) is 10.4 Å². The fourth-order valence-electron chi connectivity index (χ4n) is 2.61. The molecule has 3 aromatic heterocycles. The summed E-state index contributed by atoms with van der Waals surface area (Å²) < 4.78 is 25.8. The number of nitrogens with one attached hydrogen (secondary N) is 1. The summed E-state index contributed by atoms with van der Waals surface area (Å²) in [5.74, 6) is 1.54. The third kappa shape index (κ3) is 3.58. The van der Waals surface area contributed by atoms with Crippen molar-refractivity contribution in [1.82, 2.24) is 14.6 Å². The fraction of sp³-hybridized carbons (Fsp3) is 0.375. The van der Waals surface area contributed by atoms with E-state index in [2.05, 4.69) is 15.4 Å². The quantitative estimate of drug-likeness (QED) is 0.629. The Hall–Kier alpha value is -2.03. The minimum Gasteiger partial charge on any atom is -0.494 e. The van der Waals surface area contributed by atoms with Gasteiger partial charge < -0.3 is 20.2 Å². The van der Waals surface area contributed by atoms with Crippen molar-refractivity contribution >= 4 is 34.5 Å². The van der Waals surface area contributed by atoms with Crippen LogP contribution in [0.15, 0.2) is 22.8 Å². The number of ether oxygens (including phenoxy) is 1. The minimum atomic E-state index is -1.20. The molecule has 10 heteroatoms. The lowest BCUT2D eigenvalue weighted by molar-refractivity contribution is 0.302. The summed E-state index contributed by atoms with van der Waals surface area (Å²) in [6.07, 6.45) is 0.550. The number of nitrogens with zero attached hydrogens (tertiary/aromatic N) is 3. The van der Waals surface area contributed by atoms with E-state index in [9.17, 15) is 4.39 Å². The Morgan fingerprint density at radius 2 is 2.23 bits per heavy atom. The first-order valence-electron chi connectivity index (χ1n) is 7.88. The largest absolute Gasteiger partial charge is 0.494 e. The van der Waals surface area contributed by atoms with E-state index in [-0.39, 0.29) is 16.9 Å². The van der Waals surface area contributed by atoms with Gasteiger partial charge in [0.05, 0.1) is 19.9 Å². The van der Waals surface area contributed by atoms with Crippen molar-refractivity contribution < 1.29 is 13.5 Å². The number of nitrogens with two attached hydrogens (primary N) is 1. The highest BCUT2D eigenvalue weighted by atomic mass is 35.5. The van der Waals surface area contributed by atoms with E-state index in [1.165, 1.54) is 18.5 Å². The molecule has 7 nitrogen and oxygen atoms in total. The van der Waals surface area contributed by atoms with Gasteiger partial charge in [-0.3, -0.25) is 0 Å². The fourth-order valence-corrected chi connectivity index (χ4v) is 3.06. The smallest absolute Gasteiger partial charge is 0.243 e. The molecule has 0 radical (unpaired) electrons. The molecule has 0 fully saturated rings. The van der Waals surface area contributed by atoms with Crippen LogP contribution in [0.4, 0.5) is 10.2 Å². The van der Waals surface area contributed by atoms with Gasteiger partial charge in [0.15, 0.2) is 17.1 Å². The highest BCUT2D eigenvalue weighted by molar-refractivity contribution is 6.31. The van der Waals surface area contributed by atoms with Crippen LogP contribution < -0.4 is 15.8 Å². The summed E-state index contributed by atoms with van der Waals surface area (Å²) in [5, 5.41) is 7.49. The molecule has 0 saturated carbocycles. The van der Waals surface area contributed by atoms with Gasteiger partial charge in [-0.05, 0) is 37.1 Å². The Bertz CT molecular complexity index is 898. The zero-order valence-electron chi connectivity index (χ0n) is 14.2. The molecule has 0 bridgehead atoms. The van der Waals surface area contributed by atoms with Crippen LogP contribution in [-0.4, -0.2) is 33.9 Å². The number of halogens is 3. The first kappa shape index (κ1) is 18.8. The highest BCUT2D eigenvalue weighted by Gasteiger charge is 2.26. The Kier molecular flexibility index (Phi) is 5.55. The zero-order valence-corrected chi connectivity index (χ0v) is 15.7. The molecular weight excluding hydrogens is 384 g/mol. The predicted molar refractivity (Wildman–Crippen MR) is 97.8 cm³/mol. The predicted octanol–water partition coefficient (Wildman–Crippen LogP) is 3.48. The minimum absolute atomic E-state index is 0.00583. The van der Waals surface area contributed by atoms with Crippen molar-refractivity contribution in [2.75, 3.05) is 12.4 Å². The lowest BCUT2D eigenvalue weighted by Gasteiger charge is -2.13. The normalized spacial score (nSPS) is 13.8.